The maximum absolute atomic E-state index is 13.5. The van der Waals surface area contributed by atoms with E-state index in [1.54, 1.807) is 12.1 Å². The minimum Gasteiger partial charge on any atom is -0.381 e. The second-order valence-corrected chi connectivity index (χ2v) is 5.64. The predicted octanol–water partition coefficient (Wildman–Crippen LogP) is 2.83. The highest BCUT2D eigenvalue weighted by atomic mass is 35.5. The summed E-state index contributed by atoms with van der Waals surface area (Å²) in [5, 5.41) is 3.51. The number of nitrogens with zero attached hydrogens (tertiary/aromatic N) is 1. The summed E-state index contributed by atoms with van der Waals surface area (Å²) in [7, 11) is 0. The first kappa shape index (κ1) is 10.5. The molecule has 1 fully saturated rings. The Balaban J connectivity index is 2.04. The smallest absolute Gasteiger partial charge is 0.144 e. The van der Waals surface area contributed by atoms with Crippen LogP contribution in [-0.4, -0.2) is 30.6 Å². The molecule has 0 saturated carbocycles. The summed E-state index contributed by atoms with van der Waals surface area (Å²) in [6.45, 7) is 1.91. The van der Waals surface area contributed by atoms with Crippen molar-refractivity contribution in [3.05, 3.63) is 23.0 Å². The van der Waals surface area contributed by atoms with Crippen molar-refractivity contribution in [3.63, 3.8) is 0 Å². The van der Waals surface area contributed by atoms with E-state index in [2.05, 4.69) is 10.2 Å². The number of benzene rings is 1. The van der Waals surface area contributed by atoms with Gasteiger partial charge in [0, 0.05) is 30.7 Å². The van der Waals surface area contributed by atoms with Gasteiger partial charge in [-0.05, 0) is 6.07 Å². The normalized spacial score (nSPS) is 23.4. The Kier molecular flexibility index (Phi) is 2.64. The molecule has 3 rings (SSSR count). The zero-order chi connectivity index (χ0) is 11.1. The lowest BCUT2D eigenvalue weighted by atomic mass is 10.1. The van der Waals surface area contributed by atoms with Crippen LogP contribution in [0.5, 0.6) is 0 Å². The average molecular weight is 259 g/mol. The summed E-state index contributed by atoms with van der Waals surface area (Å²) in [5.74, 6) is 1.89. The third kappa shape index (κ3) is 1.64. The fourth-order valence-electron chi connectivity index (χ4n) is 2.28. The molecule has 1 unspecified atom stereocenters. The van der Waals surface area contributed by atoms with Crippen molar-refractivity contribution in [2.75, 3.05) is 34.8 Å². The van der Waals surface area contributed by atoms with Gasteiger partial charge in [-0.25, -0.2) is 4.39 Å². The summed E-state index contributed by atoms with van der Waals surface area (Å²) in [5.41, 5.74) is 1.91. The number of anilines is 2. The number of hydrogen-bond acceptors (Lipinski definition) is 3. The standard InChI is InChI=1S/C11H12ClFN2S/c12-8-3-10-11(4-9(8)13)15-1-2-16-6-7(15)5-14-10/h3-4,7,14H,1-2,5-6H2. The molecule has 1 aromatic carbocycles. The van der Waals surface area contributed by atoms with E-state index in [0.717, 1.165) is 36.0 Å². The molecule has 0 spiro atoms. The van der Waals surface area contributed by atoms with Gasteiger partial charge in [0.2, 0.25) is 0 Å². The molecule has 1 N–H and O–H groups in total. The van der Waals surface area contributed by atoms with Gasteiger partial charge < -0.3 is 10.2 Å². The molecule has 2 aliphatic rings. The Labute approximate surface area is 103 Å². The van der Waals surface area contributed by atoms with Crippen LogP contribution in [-0.2, 0) is 0 Å². The molecular weight excluding hydrogens is 247 g/mol. The van der Waals surface area contributed by atoms with Gasteiger partial charge in [0.25, 0.3) is 0 Å². The van der Waals surface area contributed by atoms with Crippen LogP contribution in [0.4, 0.5) is 15.8 Å². The van der Waals surface area contributed by atoms with Gasteiger partial charge in [0.1, 0.15) is 5.82 Å². The Bertz CT molecular complexity index is 427. The SMILES string of the molecule is Fc1cc2c(cc1Cl)NCC1CSCCN21. The molecule has 86 valence electrons. The van der Waals surface area contributed by atoms with Crippen molar-refractivity contribution in [1.29, 1.82) is 0 Å². The summed E-state index contributed by atoms with van der Waals surface area (Å²) >= 11 is 7.74. The maximum atomic E-state index is 13.5. The molecule has 2 nitrogen and oxygen atoms in total. The molecule has 2 heterocycles. The minimum atomic E-state index is -0.332. The van der Waals surface area contributed by atoms with Gasteiger partial charge in [-0.2, -0.15) is 11.8 Å². The van der Waals surface area contributed by atoms with E-state index in [1.165, 1.54) is 0 Å². The third-order valence-corrected chi connectivity index (χ3v) is 4.49. The van der Waals surface area contributed by atoms with Crippen molar-refractivity contribution in [2.45, 2.75) is 6.04 Å². The summed E-state index contributed by atoms with van der Waals surface area (Å²) < 4.78 is 13.5. The summed E-state index contributed by atoms with van der Waals surface area (Å²) in [6.07, 6.45) is 0. The van der Waals surface area contributed by atoms with Crippen LogP contribution in [0.1, 0.15) is 0 Å². The topological polar surface area (TPSA) is 15.3 Å². The Hall–Kier alpha value is -0.610. The predicted molar refractivity (Wildman–Crippen MR) is 68.4 cm³/mol. The molecule has 16 heavy (non-hydrogen) atoms. The van der Waals surface area contributed by atoms with E-state index in [-0.39, 0.29) is 10.8 Å². The van der Waals surface area contributed by atoms with Gasteiger partial charge in [-0.3, -0.25) is 0 Å². The Morgan fingerprint density at radius 1 is 1.50 bits per heavy atom. The number of fused-ring (bicyclic) bond motifs is 3. The van der Waals surface area contributed by atoms with Crippen molar-refractivity contribution in [1.82, 2.24) is 0 Å². The van der Waals surface area contributed by atoms with E-state index >= 15 is 0 Å². The van der Waals surface area contributed by atoms with Crippen molar-refractivity contribution in [3.8, 4) is 0 Å². The van der Waals surface area contributed by atoms with E-state index < -0.39 is 0 Å². The number of halogens is 2. The number of rotatable bonds is 0. The zero-order valence-electron chi connectivity index (χ0n) is 8.67. The monoisotopic (exact) mass is 258 g/mol. The Morgan fingerprint density at radius 2 is 2.38 bits per heavy atom. The van der Waals surface area contributed by atoms with Gasteiger partial charge >= 0.3 is 0 Å². The first-order valence-electron chi connectivity index (χ1n) is 5.33. The maximum Gasteiger partial charge on any atom is 0.144 e. The van der Waals surface area contributed by atoms with Crippen LogP contribution in [0.15, 0.2) is 12.1 Å². The lowest BCUT2D eigenvalue weighted by molar-refractivity contribution is 0.617. The van der Waals surface area contributed by atoms with Gasteiger partial charge in [-0.15, -0.1) is 0 Å². The molecule has 1 atom stereocenters. The van der Waals surface area contributed by atoms with Crippen LogP contribution < -0.4 is 10.2 Å². The average Bonchev–Trinajstić information content (AvgIpc) is 2.31. The first-order valence-corrected chi connectivity index (χ1v) is 6.86. The second kappa shape index (κ2) is 4.00. The number of hydrogen-bond donors (Lipinski definition) is 1. The Morgan fingerprint density at radius 3 is 3.25 bits per heavy atom. The highest BCUT2D eigenvalue weighted by molar-refractivity contribution is 7.99. The minimum absolute atomic E-state index is 0.191. The fraction of sp³-hybridized carbons (Fsp3) is 0.455. The van der Waals surface area contributed by atoms with Crippen LogP contribution >= 0.6 is 23.4 Å². The molecule has 0 aromatic heterocycles. The molecule has 0 radical (unpaired) electrons. The highest BCUT2D eigenvalue weighted by Crippen LogP contribution is 2.37. The van der Waals surface area contributed by atoms with E-state index in [9.17, 15) is 4.39 Å². The third-order valence-electron chi connectivity index (χ3n) is 3.10. The largest absolute Gasteiger partial charge is 0.381 e. The molecule has 5 heteroatoms. The van der Waals surface area contributed by atoms with Gasteiger partial charge in [0.05, 0.1) is 22.4 Å². The molecule has 2 aliphatic heterocycles. The van der Waals surface area contributed by atoms with E-state index in [0.29, 0.717) is 6.04 Å². The number of thioether (sulfide) groups is 1. The molecule has 0 aliphatic carbocycles. The molecule has 1 aromatic rings. The summed E-state index contributed by atoms with van der Waals surface area (Å²) in [4.78, 5) is 2.29. The molecule has 0 bridgehead atoms. The van der Waals surface area contributed by atoms with Gasteiger partial charge in [-0.1, -0.05) is 11.6 Å². The van der Waals surface area contributed by atoms with Gasteiger partial charge in [0.15, 0.2) is 0 Å². The first-order chi connectivity index (χ1) is 7.75. The molecule has 0 amide bonds. The highest BCUT2D eigenvalue weighted by Gasteiger charge is 2.29. The van der Waals surface area contributed by atoms with Crippen molar-refractivity contribution in [2.24, 2.45) is 0 Å². The lowest BCUT2D eigenvalue weighted by Gasteiger charge is -2.42. The van der Waals surface area contributed by atoms with E-state index in [4.69, 9.17) is 11.6 Å². The van der Waals surface area contributed by atoms with Crippen LogP contribution in [0.2, 0.25) is 5.02 Å². The second-order valence-electron chi connectivity index (χ2n) is 4.09. The molecular formula is C11H12ClFN2S. The quantitative estimate of drug-likeness (QED) is 0.770. The summed E-state index contributed by atoms with van der Waals surface area (Å²) in [6, 6.07) is 3.71. The van der Waals surface area contributed by atoms with Crippen LogP contribution in [0.25, 0.3) is 0 Å². The van der Waals surface area contributed by atoms with E-state index in [1.807, 2.05) is 11.8 Å². The van der Waals surface area contributed by atoms with Crippen LogP contribution in [0, 0.1) is 5.82 Å². The fourth-order valence-corrected chi connectivity index (χ4v) is 3.51. The zero-order valence-corrected chi connectivity index (χ0v) is 10.2. The van der Waals surface area contributed by atoms with Crippen LogP contribution in [0.3, 0.4) is 0 Å². The van der Waals surface area contributed by atoms with Crippen molar-refractivity contribution >= 4 is 34.7 Å². The molecule has 1 saturated heterocycles. The van der Waals surface area contributed by atoms with Crippen molar-refractivity contribution < 1.29 is 4.39 Å². The number of nitrogens with one attached hydrogen (secondary N) is 1. The lowest BCUT2D eigenvalue weighted by Crippen LogP contribution is -2.49.